The molecule has 1 aromatic rings. The average Bonchev–Trinajstić information content (AvgIpc) is 2.24. The average molecular weight is 350 g/mol. The number of benzene rings is 1. The van der Waals surface area contributed by atoms with Gasteiger partial charge in [0.2, 0.25) is 11.5 Å². The molecule has 0 saturated carbocycles. The fraction of sp³-hybridized carbons (Fsp3) is 0.333. The van der Waals surface area contributed by atoms with Crippen molar-refractivity contribution >= 4 is 25.4 Å². The van der Waals surface area contributed by atoms with Crippen molar-refractivity contribution in [1.29, 1.82) is 0 Å². The van der Waals surface area contributed by atoms with E-state index in [9.17, 15) is 31.7 Å². The molecule has 0 fully saturated rings. The molecule has 7 nitrogen and oxygen atoms in total. The van der Waals surface area contributed by atoms with Crippen LogP contribution in [0.15, 0.2) is 17.0 Å². The maximum atomic E-state index is 12.2. The van der Waals surface area contributed by atoms with Gasteiger partial charge in [-0.25, -0.2) is 8.42 Å². The van der Waals surface area contributed by atoms with E-state index in [0.29, 0.717) is 12.1 Å². The van der Waals surface area contributed by atoms with Crippen LogP contribution in [-0.2, 0) is 9.05 Å². The van der Waals surface area contributed by atoms with E-state index in [1.54, 1.807) is 0 Å². The molecule has 0 bridgehead atoms. The fourth-order valence-corrected chi connectivity index (χ4v) is 2.36. The van der Waals surface area contributed by atoms with Gasteiger partial charge >= 0.3 is 12.0 Å². The predicted octanol–water partition coefficient (Wildman–Crippen LogP) is 2.82. The third-order valence-corrected chi connectivity index (χ3v) is 3.36. The van der Waals surface area contributed by atoms with Crippen molar-refractivity contribution in [2.24, 2.45) is 0 Å². The first-order valence-corrected chi connectivity index (χ1v) is 7.43. The fourth-order valence-electron chi connectivity index (χ4n) is 1.39. The minimum absolute atomic E-state index is 0.240. The molecule has 118 valence electrons. The molecule has 0 aliphatic rings. The molecule has 0 heterocycles. The molecule has 0 spiro atoms. The second-order valence-corrected chi connectivity index (χ2v) is 5.95. The highest BCUT2D eigenvalue weighted by molar-refractivity contribution is 8.13. The zero-order valence-electron chi connectivity index (χ0n) is 10.2. The number of hydrogen-bond acceptors (Lipinski definition) is 6. The lowest BCUT2D eigenvalue weighted by Gasteiger charge is -2.13. The monoisotopic (exact) mass is 349 g/mol. The Morgan fingerprint density at radius 3 is 2.33 bits per heavy atom. The minimum atomic E-state index is -5.20. The van der Waals surface area contributed by atoms with Crippen LogP contribution in [0.5, 0.6) is 11.5 Å². The molecule has 0 N–H and O–H groups in total. The van der Waals surface area contributed by atoms with Crippen LogP contribution in [-0.4, -0.2) is 26.3 Å². The number of nitro benzene ring substituents is 1. The lowest BCUT2D eigenvalue weighted by molar-refractivity contribution is -0.389. The van der Waals surface area contributed by atoms with Gasteiger partial charge in [0.05, 0.1) is 11.5 Å². The Balaban J connectivity index is 3.65. The van der Waals surface area contributed by atoms with E-state index in [1.807, 2.05) is 0 Å². The topological polar surface area (TPSA) is 95.7 Å². The van der Waals surface area contributed by atoms with Crippen molar-refractivity contribution < 1.29 is 36.0 Å². The summed E-state index contributed by atoms with van der Waals surface area (Å²) in [5.41, 5.74) is -1.28. The quantitative estimate of drug-likeness (QED) is 0.461. The van der Waals surface area contributed by atoms with Gasteiger partial charge in [0.25, 0.3) is 9.05 Å². The van der Waals surface area contributed by atoms with E-state index in [1.165, 1.54) is 6.92 Å². The third kappa shape index (κ3) is 4.36. The molecule has 21 heavy (non-hydrogen) atoms. The third-order valence-electron chi connectivity index (χ3n) is 2.02. The highest BCUT2D eigenvalue weighted by Crippen LogP contribution is 2.44. The van der Waals surface area contributed by atoms with Crippen LogP contribution in [0.1, 0.15) is 6.92 Å². The van der Waals surface area contributed by atoms with Crippen molar-refractivity contribution in [1.82, 2.24) is 0 Å². The van der Waals surface area contributed by atoms with Gasteiger partial charge in [-0.15, -0.1) is 13.2 Å². The molecular weight excluding hydrogens is 343 g/mol. The molecule has 0 saturated heterocycles. The Morgan fingerprint density at radius 1 is 1.38 bits per heavy atom. The number of rotatable bonds is 5. The van der Waals surface area contributed by atoms with Gasteiger partial charge in [0, 0.05) is 10.7 Å². The van der Waals surface area contributed by atoms with E-state index < -0.39 is 42.4 Å². The molecule has 0 aliphatic carbocycles. The summed E-state index contributed by atoms with van der Waals surface area (Å²) in [7, 11) is 0.602. The number of nitrogens with zero attached hydrogens (tertiary/aromatic N) is 1. The van der Waals surface area contributed by atoms with Gasteiger partial charge in [0.15, 0.2) is 0 Å². The van der Waals surface area contributed by atoms with Gasteiger partial charge in [-0.1, -0.05) is 0 Å². The SMILES string of the molecule is CCOc1c(S(=O)(=O)Cl)ccc(OC(F)(F)F)c1[N+](=O)[O-]. The number of halogens is 4. The first kappa shape index (κ1) is 17.3. The molecule has 0 aromatic heterocycles. The summed E-state index contributed by atoms with van der Waals surface area (Å²) in [6.45, 7) is 1.11. The van der Waals surface area contributed by atoms with Gasteiger partial charge in [-0.3, -0.25) is 10.1 Å². The van der Waals surface area contributed by atoms with Gasteiger partial charge in [-0.05, 0) is 19.1 Å². The maximum Gasteiger partial charge on any atom is 0.573 e. The highest BCUT2D eigenvalue weighted by atomic mass is 35.7. The zero-order chi connectivity index (χ0) is 16.4. The van der Waals surface area contributed by atoms with Crippen molar-refractivity contribution in [3.63, 3.8) is 0 Å². The predicted molar refractivity (Wildman–Crippen MR) is 64.0 cm³/mol. The normalized spacial score (nSPS) is 12.0. The van der Waals surface area contributed by atoms with E-state index in [4.69, 9.17) is 15.4 Å². The van der Waals surface area contributed by atoms with Crippen LogP contribution in [0.2, 0.25) is 0 Å². The van der Waals surface area contributed by atoms with E-state index in [2.05, 4.69) is 4.74 Å². The first-order valence-electron chi connectivity index (χ1n) is 5.12. The van der Waals surface area contributed by atoms with E-state index in [0.717, 1.165) is 0 Å². The van der Waals surface area contributed by atoms with Gasteiger partial charge in [-0.2, -0.15) is 0 Å². The first-order chi connectivity index (χ1) is 9.47. The molecule has 1 rings (SSSR count). The van der Waals surface area contributed by atoms with Crippen LogP contribution in [0.25, 0.3) is 0 Å². The number of ether oxygens (including phenoxy) is 2. The van der Waals surface area contributed by atoms with Crippen molar-refractivity contribution in [3.05, 3.63) is 22.2 Å². The van der Waals surface area contributed by atoms with Crippen molar-refractivity contribution in [3.8, 4) is 11.5 Å². The highest BCUT2D eigenvalue weighted by Gasteiger charge is 2.38. The second kappa shape index (κ2) is 5.93. The summed E-state index contributed by atoms with van der Waals surface area (Å²) < 4.78 is 67.5. The number of nitro groups is 1. The van der Waals surface area contributed by atoms with Crippen LogP contribution < -0.4 is 9.47 Å². The Kier molecular flexibility index (Phi) is 4.89. The second-order valence-electron chi connectivity index (χ2n) is 3.42. The lowest BCUT2D eigenvalue weighted by Crippen LogP contribution is -2.18. The molecule has 0 unspecified atom stereocenters. The summed E-state index contributed by atoms with van der Waals surface area (Å²) in [5.74, 6) is -2.13. The molecule has 1 aromatic carbocycles. The van der Waals surface area contributed by atoms with Crippen LogP contribution in [0, 0.1) is 10.1 Å². The summed E-state index contributed by atoms with van der Waals surface area (Å²) >= 11 is 0. The molecule has 12 heteroatoms. The minimum Gasteiger partial charge on any atom is -0.486 e. The summed E-state index contributed by atoms with van der Waals surface area (Å²) in [4.78, 5) is 8.84. The van der Waals surface area contributed by atoms with Gasteiger partial charge < -0.3 is 9.47 Å². The summed E-state index contributed by atoms with van der Waals surface area (Å²) in [5, 5.41) is 10.9. The van der Waals surface area contributed by atoms with Crippen LogP contribution in [0.4, 0.5) is 18.9 Å². The van der Waals surface area contributed by atoms with Crippen LogP contribution in [0.3, 0.4) is 0 Å². The Hall–Kier alpha value is -1.75. The molecule has 0 radical (unpaired) electrons. The standard InChI is InChI=1S/C9H7ClF3NO6S/c1-2-19-8-6(21(10,17)18)4-3-5(7(8)14(15)16)20-9(11,12)13/h3-4H,2H2,1H3. The van der Waals surface area contributed by atoms with Gasteiger partial charge in [0.1, 0.15) is 4.90 Å². The smallest absolute Gasteiger partial charge is 0.486 e. The molecular formula is C9H7ClF3NO6S. The Morgan fingerprint density at radius 2 is 1.95 bits per heavy atom. The molecule has 0 atom stereocenters. The largest absolute Gasteiger partial charge is 0.573 e. The van der Waals surface area contributed by atoms with E-state index in [-0.39, 0.29) is 6.61 Å². The number of hydrogen-bond donors (Lipinski definition) is 0. The number of alkyl halides is 3. The van der Waals surface area contributed by atoms with E-state index >= 15 is 0 Å². The summed E-state index contributed by atoms with van der Waals surface area (Å²) in [6, 6.07) is 1.10. The Bertz CT molecular complexity index is 660. The Labute approximate surface area is 120 Å². The molecule has 0 aliphatic heterocycles. The van der Waals surface area contributed by atoms with Crippen molar-refractivity contribution in [2.75, 3.05) is 6.61 Å². The summed E-state index contributed by atoms with van der Waals surface area (Å²) in [6.07, 6.45) is -5.20. The molecule has 0 amide bonds. The zero-order valence-corrected chi connectivity index (χ0v) is 11.8. The van der Waals surface area contributed by atoms with Crippen LogP contribution >= 0.6 is 10.7 Å². The maximum absolute atomic E-state index is 12.2. The lowest BCUT2D eigenvalue weighted by atomic mass is 10.2. The van der Waals surface area contributed by atoms with Crippen molar-refractivity contribution in [2.45, 2.75) is 18.2 Å².